The molecule has 1 fully saturated rings. The van der Waals surface area contributed by atoms with Gasteiger partial charge in [0.1, 0.15) is 16.7 Å². The van der Waals surface area contributed by atoms with Crippen LogP contribution in [0.5, 0.6) is 11.5 Å². The number of carbonyl (C=O) groups is 3. The molecular formula is C22H23N3O5S. The Kier molecular flexibility index (Phi) is 7.30. The number of anilines is 1. The Morgan fingerprint density at radius 3 is 2.48 bits per heavy atom. The number of amidine groups is 1. The summed E-state index contributed by atoms with van der Waals surface area (Å²) < 4.78 is 10.4. The quantitative estimate of drug-likeness (QED) is 0.521. The smallest absolute Gasteiger partial charge is 0.308 e. The Bertz CT molecular complexity index is 1020. The van der Waals surface area contributed by atoms with Crippen molar-refractivity contribution in [1.29, 1.82) is 0 Å². The first-order chi connectivity index (χ1) is 14.9. The molecule has 1 aliphatic rings. The molecule has 0 radical (unpaired) electrons. The number of hydrogen-bond acceptors (Lipinski definition) is 7. The van der Waals surface area contributed by atoms with Crippen molar-refractivity contribution in [2.75, 3.05) is 19.0 Å². The number of ether oxygens (including phenoxy) is 2. The van der Waals surface area contributed by atoms with Gasteiger partial charge in [-0.3, -0.25) is 19.3 Å². The van der Waals surface area contributed by atoms with Gasteiger partial charge >= 0.3 is 5.97 Å². The third-order valence-corrected chi connectivity index (χ3v) is 5.60. The van der Waals surface area contributed by atoms with Crippen molar-refractivity contribution in [3.05, 3.63) is 48.5 Å². The first-order valence-electron chi connectivity index (χ1n) is 9.70. The molecule has 31 heavy (non-hydrogen) atoms. The van der Waals surface area contributed by atoms with Crippen molar-refractivity contribution >= 4 is 46.1 Å². The first kappa shape index (κ1) is 22.4. The van der Waals surface area contributed by atoms with Gasteiger partial charge in [0.25, 0.3) is 0 Å². The minimum atomic E-state index is -0.603. The van der Waals surface area contributed by atoms with Crippen molar-refractivity contribution in [3.63, 3.8) is 0 Å². The Morgan fingerprint density at radius 2 is 1.81 bits per heavy atom. The summed E-state index contributed by atoms with van der Waals surface area (Å²) in [6.45, 7) is 3.58. The lowest BCUT2D eigenvalue weighted by atomic mass is 10.2. The molecule has 1 N–H and O–H groups in total. The van der Waals surface area contributed by atoms with Crippen molar-refractivity contribution < 1.29 is 23.9 Å². The molecule has 0 aromatic heterocycles. The zero-order valence-electron chi connectivity index (χ0n) is 17.5. The number of hydrogen-bond donors (Lipinski definition) is 1. The van der Waals surface area contributed by atoms with Gasteiger partial charge in [0, 0.05) is 19.9 Å². The Morgan fingerprint density at radius 1 is 1.13 bits per heavy atom. The maximum Gasteiger partial charge on any atom is 0.308 e. The van der Waals surface area contributed by atoms with Crippen LogP contribution in [0, 0.1) is 0 Å². The van der Waals surface area contributed by atoms with Crippen LogP contribution < -0.4 is 14.8 Å². The Hall–Kier alpha value is -3.33. The van der Waals surface area contributed by atoms with Gasteiger partial charge in [-0.25, -0.2) is 4.99 Å². The summed E-state index contributed by atoms with van der Waals surface area (Å²) >= 11 is 1.24. The summed E-state index contributed by atoms with van der Waals surface area (Å²) in [6.07, 6.45) is -0.0423. The molecule has 0 bridgehead atoms. The van der Waals surface area contributed by atoms with Crippen LogP contribution in [-0.2, 0) is 14.4 Å². The number of aliphatic imine (C=N–C) groups is 1. The van der Waals surface area contributed by atoms with Gasteiger partial charge in [0.15, 0.2) is 10.9 Å². The zero-order chi connectivity index (χ0) is 22.4. The van der Waals surface area contributed by atoms with E-state index in [2.05, 4.69) is 10.3 Å². The maximum atomic E-state index is 12.8. The maximum absolute atomic E-state index is 12.8. The van der Waals surface area contributed by atoms with Crippen LogP contribution in [0.3, 0.4) is 0 Å². The standard InChI is InChI=1S/C22H23N3O5S/c1-4-25-21(28)19(31-22(25)24-15-9-5-7-11-17(15)29-3)13-20(27)23-16-10-6-8-12-18(16)30-14(2)26/h5-12,19H,4,13H2,1-3H3,(H,23,27). The number of para-hydroxylation sites is 4. The average molecular weight is 442 g/mol. The van der Waals surface area contributed by atoms with Crippen LogP contribution in [0.2, 0.25) is 0 Å². The lowest BCUT2D eigenvalue weighted by Crippen LogP contribution is -2.33. The monoisotopic (exact) mass is 441 g/mol. The van der Waals surface area contributed by atoms with E-state index >= 15 is 0 Å². The van der Waals surface area contributed by atoms with E-state index in [0.717, 1.165) is 0 Å². The van der Waals surface area contributed by atoms with Crippen molar-refractivity contribution in [2.24, 2.45) is 4.99 Å². The minimum absolute atomic E-state index is 0.0423. The highest BCUT2D eigenvalue weighted by Gasteiger charge is 2.38. The van der Waals surface area contributed by atoms with E-state index in [-0.39, 0.29) is 24.0 Å². The van der Waals surface area contributed by atoms with Crippen LogP contribution in [-0.4, -0.2) is 46.8 Å². The van der Waals surface area contributed by atoms with E-state index in [9.17, 15) is 14.4 Å². The van der Waals surface area contributed by atoms with Crippen LogP contribution in [0.1, 0.15) is 20.3 Å². The van der Waals surface area contributed by atoms with Gasteiger partial charge in [0.05, 0.1) is 12.8 Å². The molecule has 2 aromatic rings. The predicted octanol–water partition coefficient (Wildman–Crippen LogP) is 3.60. The highest BCUT2D eigenvalue weighted by atomic mass is 32.2. The lowest BCUT2D eigenvalue weighted by molar-refractivity contribution is -0.132. The number of benzene rings is 2. The summed E-state index contributed by atoms with van der Waals surface area (Å²) in [5.74, 6) is -0.173. The van der Waals surface area contributed by atoms with Gasteiger partial charge in [-0.05, 0) is 31.2 Å². The second-order valence-corrected chi connectivity index (χ2v) is 7.77. The van der Waals surface area contributed by atoms with Crippen LogP contribution in [0.4, 0.5) is 11.4 Å². The van der Waals surface area contributed by atoms with Crippen LogP contribution in [0.15, 0.2) is 53.5 Å². The lowest BCUT2D eigenvalue weighted by Gasteiger charge is -2.14. The molecular weight excluding hydrogens is 418 g/mol. The molecule has 1 unspecified atom stereocenters. The zero-order valence-corrected chi connectivity index (χ0v) is 18.3. The number of methoxy groups -OCH3 is 1. The number of nitrogens with one attached hydrogen (secondary N) is 1. The molecule has 0 saturated carbocycles. The summed E-state index contributed by atoms with van der Waals surface area (Å²) in [6, 6.07) is 13.9. The normalized spacial score (nSPS) is 17.0. The summed E-state index contributed by atoms with van der Waals surface area (Å²) in [5.41, 5.74) is 0.979. The van der Waals surface area contributed by atoms with Gasteiger partial charge in [-0.1, -0.05) is 36.0 Å². The molecule has 0 aliphatic carbocycles. The van der Waals surface area contributed by atoms with Crippen molar-refractivity contribution in [1.82, 2.24) is 4.90 Å². The first-order valence-corrected chi connectivity index (χ1v) is 10.6. The summed E-state index contributed by atoms with van der Waals surface area (Å²) in [5, 5.41) is 2.64. The van der Waals surface area contributed by atoms with E-state index in [1.165, 1.54) is 18.7 Å². The molecule has 9 heteroatoms. The van der Waals surface area contributed by atoms with Gasteiger partial charge in [0.2, 0.25) is 11.8 Å². The van der Waals surface area contributed by atoms with E-state index in [0.29, 0.717) is 28.8 Å². The molecule has 3 rings (SSSR count). The minimum Gasteiger partial charge on any atom is -0.494 e. The van der Waals surface area contributed by atoms with E-state index in [1.807, 2.05) is 19.1 Å². The van der Waals surface area contributed by atoms with E-state index in [4.69, 9.17) is 9.47 Å². The third-order valence-electron chi connectivity index (χ3n) is 4.42. The SMILES string of the molecule is CCN1C(=O)C(CC(=O)Nc2ccccc2OC(C)=O)SC1=Nc1ccccc1OC. The fourth-order valence-corrected chi connectivity index (χ4v) is 4.24. The molecule has 0 spiro atoms. The molecule has 1 heterocycles. The third kappa shape index (κ3) is 5.43. The number of carbonyl (C=O) groups excluding carboxylic acids is 3. The number of thioether (sulfide) groups is 1. The summed E-state index contributed by atoms with van der Waals surface area (Å²) in [7, 11) is 1.56. The molecule has 2 amide bonds. The molecule has 1 aliphatic heterocycles. The van der Waals surface area contributed by atoms with Crippen LogP contribution >= 0.6 is 11.8 Å². The average Bonchev–Trinajstić information content (AvgIpc) is 3.03. The fourth-order valence-electron chi connectivity index (χ4n) is 3.02. The molecule has 162 valence electrons. The molecule has 8 nitrogen and oxygen atoms in total. The van der Waals surface area contributed by atoms with Crippen molar-refractivity contribution in [3.8, 4) is 11.5 Å². The number of esters is 1. The van der Waals surface area contributed by atoms with Crippen LogP contribution in [0.25, 0.3) is 0 Å². The largest absolute Gasteiger partial charge is 0.494 e. The topological polar surface area (TPSA) is 97.3 Å². The van der Waals surface area contributed by atoms with Gasteiger partial charge in [-0.2, -0.15) is 0 Å². The molecule has 1 atom stereocenters. The summed E-state index contributed by atoms with van der Waals surface area (Å²) in [4.78, 5) is 42.9. The second-order valence-electron chi connectivity index (χ2n) is 6.60. The highest BCUT2D eigenvalue weighted by molar-refractivity contribution is 8.15. The highest BCUT2D eigenvalue weighted by Crippen LogP contribution is 2.34. The second kappa shape index (κ2) is 10.1. The molecule has 1 saturated heterocycles. The van der Waals surface area contributed by atoms with E-state index in [1.54, 1.807) is 48.4 Å². The Labute approximate surface area is 184 Å². The number of nitrogens with zero attached hydrogens (tertiary/aromatic N) is 2. The molecule has 2 aromatic carbocycles. The van der Waals surface area contributed by atoms with Gasteiger partial charge in [-0.15, -0.1) is 0 Å². The fraction of sp³-hybridized carbons (Fsp3) is 0.273. The predicted molar refractivity (Wildman–Crippen MR) is 120 cm³/mol. The Balaban J connectivity index is 1.74. The number of rotatable bonds is 7. The van der Waals surface area contributed by atoms with E-state index < -0.39 is 11.2 Å². The van der Waals surface area contributed by atoms with Gasteiger partial charge < -0.3 is 14.8 Å². The number of amides is 2. The van der Waals surface area contributed by atoms with Crippen molar-refractivity contribution in [2.45, 2.75) is 25.5 Å².